The highest BCUT2D eigenvalue weighted by Crippen LogP contribution is 2.25. The number of benzene rings is 3. The summed E-state index contributed by atoms with van der Waals surface area (Å²) in [4.78, 5) is 22.4. The summed E-state index contributed by atoms with van der Waals surface area (Å²) in [6.45, 7) is 4.87. The molecule has 1 atom stereocenters. The van der Waals surface area contributed by atoms with Crippen LogP contribution in [-0.2, 0) is 17.9 Å². The number of nitrogens with one attached hydrogen (secondary N) is 3. The smallest absolute Gasteiger partial charge is 0.242 e. The zero-order valence-corrected chi connectivity index (χ0v) is 23.2. The highest BCUT2D eigenvalue weighted by Gasteiger charge is 2.21. The lowest BCUT2D eigenvalue weighted by Crippen LogP contribution is -2.40. The summed E-state index contributed by atoms with van der Waals surface area (Å²) < 4.78 is 14.7. The van der Waals surface area contributed by atoms with Crippen molar-refractivity contribution in [3.63, 3.8) is 0 Å². The molecule has 1 heterocycles. The van der Waals surface area contributed by atoms with Crippen LogP contribution >= 0.6 is 23.2 Å². The molecule has 4 rings (SSSR count). The second-order valence-corrected chi connectivity index (χ2v) is 10.5. The number of rotatable bonds is 11. The molecule has 0 unspecified atom stereocenters. The van der Waals surface area contributed by atoms with Gasteiger partial charge in [-0.15, -0.1) is 0 Å². The first kappa shape index (κ1) is 28.3. The van der Waals surface area contributed by atoms with Crippen LogP contribution < -0.4 is 16.0 Å². The fourth-order valence-electron chi connectivity index (χ4n) is 4.03. The van der Waals surface area contributed by atoms with Crippen LogP contribution in [0.15, 0.2) is 78.9 Å². The van der Waals surface area contributed by atoms with Crippen LogP contribution in [0.1, 0.15) is 31.4 Å². The molecule has 0 fully saturated rings. The normalized spacial score (nSPS) is 11.7. The van der Waals surface area contributed by atoms with Crippen molar-refractivity contribution in [2.24, 2.45) is 5.92 Å². The standard InChI is InChI=1S/C30H30Cl2FN5O/c1-19(2)14-27(29(39)34-17-20-10-12-22(31)13-11-20)36-28-16-26(24-8-3-4-9-25(24)33)37-30(38-28)35-18-21-6-5-7-23(32)15-21/h3-13,15-16,19,27H,14,17-18H2,1-2H3,(H,34,39)(H2,35,36,37,38)/t27-/m1/s1. The summed E-state index contributed by atoms with van der Waals surface area (Å²) in [5.74, 6) is 0.366. The molecule has 0 saturated carbocycles. The molecule has 3 aromatic carbocycles. The van der Waals surface area contributed by atoms with E-state index in [4.69, 9.17) is 23.2 Å². The monoisotopic (exact) mass is 565 g/mol. The lowest BCUT2D eigenvalue weighted by molar-refractivity contribution is -0.122. The van der Waals surface area contributed by atoms with Gasteiger partial charge in [-0.3, -0.25) is 4.79 Å². The summed E-state index contributed by atoms with van der Waals surface area (Å²) in [5, 5.41) is 10.7. The average Bonchev–Trinajstić information content (AvgIpc) is 2.91. The van der Waals surface area contributed by atoms with Gasteiger partial charge in [0.25, 0.3) is 0 Å². The van der Waals surface area contributed by atoms with E-state index in [1.165, 1.54) is 6.07 Å². The summed E-state index contributed by atoms with van der Waals surface area (Å²) >= 11 is 12.1. The van der Waals surface area contributed by atoms with E-state index in [9.17, 15) is 9.18 Å². The highest BCUT2D eigenvalue weighted by atomic mass is 35.5. The Kier molecular flexibility index (Phi) is 9.74. The van der Waals surface area contributed by atoms with Crippen molar-refractivity contribution < 1.29 is 9.18 Å². The lowest BCUT2D eigenvalue weighted by atomic mass is 10.0. The molecule has 0 saturated heterocycles. The van der Waals surface area contributed by atoms with E-state index in [0.717, 1.165) is 11.1 Å². The molecule has 0 aliphatic carbocycles. The molecule has 1 amide bonds. The minimum absolute atomic E-state index is 0.168. The van der Waals surface area contributed by atoms with E-state index >= 15 is 0 Å². The number of carbonyl (C=O) groups excluding carboxylic acids is 1. The topological polar surface area (TPSA) is 78.9 Å². The number of halogens is 3. The number of nitrogens with zero attached hydrogens (tertiary/aromatic N) is 2. The quantitative estimate of drug-likeness (QED) is 0.177. The first-order valence-corrected chi connectivity index (χ1v) is 13.4. The van der Waals surface area contributed by atoms with Gasteiger partial charge in [0.1, 0.15) is 17.7 Å². The van der Waals surface area contributed by atoms with Gasteiger partial charge in [0.05, 0.1) is 5.69 Å². The van der Waals surface area contributed by atoms with Crippen LogP contribution in [0.5, 0.6) is 0 Å². The summed E-state index contributed by atoms with van der Waals surface area (Å²) in [5.41, 5.74) is 2.61. The number of carbonyl (C=O) groups is 1. The van der Waals surface area contributed by atoms with Crippen molar-refractivity contribution in [3.8, 4) is 11.3 Å². The van der Waals surface area contributed by atoms with Crippen LogP contribution in [0, 0.1) is 11.7 Å². The number of hydrogen-bond donors (Lipinski definition) is 3. The number of hydrogen-bond acceptors (Lipinski definition) is 5. The lowest BCUT2D eigenvalue weighted by Gasteiger charge is -2.21. The number of anilines is 2. The number of aromatic nitrogens is 2. The molecule has 1 aromatic heterocycles. The SMILES string of the molecule is CC(C)C[C@@H](Nc1cc(-c2ccccc2F)nc(NCc2cccc(Cl)c2)n1)C(=O)NCc1ccc(Cl)cc1. The van der Waals surface area contributed by atoms with Crippen LogP contribution in [0.2, 0.25) is 10.0 Å². The van der Waals surface area contributed by atoms with Gasteiger partial charge in [0.2, 0.25) is 11.9 Å². The maximum atomic E-state index is 14.7. The molecule has 0 radical (unpaired) electrons. The molecule has 0 spiro atoms. The largest absolute Gasteiger partial charge is 0.358 e. The minimum Gasteiger partial charge on any atom is -0.358 e. The van der Waals surface area contributed by atoms with Crippen molar-refractivity contribution in [2.45, 2.75) is 39.4 Å². The van der Waals surface area contributed by atoms with Gasteiger partial charge in [-0.05, 0) is 59.9 Å². The average molecular weight is 567 g/mol. The van der Waals surface area contributed by atoms with Crippen LogP contribution in [0.25, 0.3) is 11.3 Å². The van der Waals surface area contributed by atoms with Gasteiger partial charge < -0.3 is 16.0 Å². The summed E-state index contributed by atoms with van der Waals surface area (Å²) in [7, 11) is 0. The molecule has 6 nitrogen and oxygen atoms in total. The minimum atomic E-state index is -0.568. The third kappa shape index (κ3) is 8.40. The van der Waals surface area contributed by atoms with Gasteiger partial charge in [-0.1, -0.05) is 73.4 Å². The Bertz CT molecular complexity index is 1410. The second-order valence-electron chi connectivity index (χ2n) is 9.60. The highest BCUT2D eigenvalue weighted by molar-refractivity contribution is 6.30. The third-order valence-electron chi connectivity index (χ3n) is 5.94. The molecule has 0 aliphatic rings. The van der Waals surface area contributed by atoms with Gasteiger partial charge in [-0.25, -0.2) is 9.37 Å². The Morgan fingerprint density at radius 3 is 2.36 bits per heavy atom. The van der Waals surface area contributed by atoms with Crippen LogP contribution in [0.4, 0.5) is 16.2 Å². The molecule has 0 aliphatic heterocycles. The maximum absolute atomic E-state index is 14.7. The Balaban J connectivity index is 1.58. The molecular weight excluding hydrogens is 536 g/mol. The number of amides is 1. The van der Waals surface area contributed by atoms with E-state index in [1.54, 1.807) is 42.5 Å². The Labute approximate surface area is 238 Å². The Morgan fingerprint density at radius 2 is 1.64 bits per heavy atom. The molecule has 9 heteroatoms. The summed E-state index contributed by atoms with van der Waals surface area (Å²) in [6, 6.07) is 22.3. The van der Waals surface area contributed by atoms with E-state index in [-0.39, 0.29) is 11.8 Å². The summed E-state index contributed by atoms with van der Waals surface area (Å²) in [6.07, 6.45) is 0.566. The zero-order valence-electron chi connectivity index (χ0n) is 21.7. The third-order valence-corrected chi connectivity index (χ3v) is 6.43. The van der Waals surface area contributed by atoms with Crippen molar-refractivity contribution in [3.05, 3.63) is 106 Å². The predicted octanol–water partition coefficient (Wildman–Crippen LogP) is 7.34. The zero-order chi connectivity index (χ0) is 27.8. The van der Waals surface area contributed by atoms with E-state index in [2.05, 4.69) is 25.9 Å². The van der Waals surface area contributed by atoms with Crippen molar-refractivity contribution in [2.75, 3.05) is 10.6 Å². The molecule has 0 bridgehead atoms. The van der Waals surface area contributed by atoms with E-state index in [0.29, 0.717) is 52.6 Å². The maximum Gasteiger partial charge on any atom is 0.242 e. The molecule has 4 aromatic rings. The second kappa shape index (κ2) is 13.4. The van der Waals surface area contributed by atoms with Gasteiger partial charge in [0.15, 0.2) is 0 Å². The van der Waals surface area contributed by atoms with Crippen LogP contribution in [0.3, 0.4) is 0 Å². The fourth-order valence-corrected chi connectivity index (χ4v) is 4.37. The molecule has 3 N–H and O–H groups in total. The van der Waals surface area contributed by atoms with Crippen LogP contribution in [-0.4, -0.2) is 21.9 Å². The Morgan fingerprint density at radius 1 is 0.872 bits per heavy atom. The molecule has 39 heavy (non-hydrogen) atoms. The van der Waals surface area contributed by atoms with Gasteiger partial charge in [-0.2, -0.15) is 4.98 Å². The van der Waals surface area contributed by atoms with Gasteiger partial charge >= 0.3 is 0 Å². The van der Waals surface area contributed by atoms with E-state index < -0.39 is 11.9 Å². The predicted molar refractivity (Wildman–Crippen MR) is 156 cm³/mol. The first-order chi connectivity index (χ1) is 18.8. The van der Waals surface area contributed by atoms with E-state index in [1.807, 2.05) is 44.2 Å². The Hall–Kier alpha value is -3.68. The van der Waals surface area contributed by atoms with Crippen molar-refractivity contribution in [1.29, 1.82) is 0 Å². The van der Waals surface area contributed by atoms with Crippen molar-refractivity contribution >= 4 is 40.9 Å². The van der Waals surface area contributed by atoms with Crippen molar-refractivity contribution in [1.82, 2.24) is 15.3 Å². The van der Waals surface area contributed by atoms with Gasteiger partial charge in [0, 0.05) is 34.8 Å². The fraction of sp³-hybridized carbons (Fsp3) is 0.233. The molecule has 202 valence electrons. The molecular formula is C30H30Cl2FN5O. The first-order valence-electron chi connectivity index (χ1n) is 12.7.